The van der Waals surface area contributed by atoms with Crippen LogP contribution in [0.25, 0.3) is 11.0 Å². The van der Waals surface area contributed by atoms with Crippen LogP contribution in [0.4, 0.5) is 5.82 Å². The number of hydrogen-bond acceptors (Lipinski definition) is 4. The van der Waals surface area contributed by atoms with Crippen molar-refractivity contribution in [3.05, 3.63) is 12.5 Å². The summed E-state index contributed by atoms with van der Waals surface area (Å²) in [5, 5.41) is 7.37. The largest absolute Gasteiger partial charge is 0.295 e. The lowest BCUT2D eigenvalue weighted by molar-refractivity contribution is -0.117. The highest BCUT2D eigenvalue weighted by Gasteiger charge is 2.31. The van der Waals surface area contributed by atoms with Crippen molar-refractivity contribution in [3.63, 3.8) is 0 Å². The van der Waals surface area contributed by atoms with E-state index in [4.69, 9.17) is 6.42 Å². The van der Waals surface area contributed by atoms with Crippen LogP contribution in [-0.2, 0) is 4.79 Å². The molecule has 84 valence electrons. The number of aromatic nitrogens is 4. The Balaban J connectivity index is 2.08. The average Bonchev–Trinajstić information content (AvgIpc) is 2.94. The molecule has 1 fully saturated rings. The van der Waals surface area contributed by atoms with Gasteiger partial charge in [0.15, 0.2) is 5.65 Å². The number of rotatable bonds is 1. The van der Waals surface area contributed by atoms with Crippen LogP contribution in [0.3, 0.4) is 0 Å². The van der Waals surface area contributed by atoms with Crippen LogP contribution in [0.1, 0.15) is 6.42 Å². The van der Waals surface area contributed by atoms with Gasteiger partial charge in [-0.2, -0.15) is 5.10 Å². The molecule has 1 aliphatic rings. The van der Waals surface area contributed by atoms with E-state index in [1.807, 2.05) is 0 Å². The van der Waals surface area contributed by atoms with Gasteiger partial charge in [0.2, 0.25) is 5.91 Å². The average molecular weight is 227 g/mol. The van der Waals surface area contributed by atoms with Gasteiger partial charge >= 0.3 is 0 Å². The molecule has 0 spiro atoms. The predicted molar refractivity (Wildman–Crippen MR) is 61.0 cm³/mol. The lowest BCUT2D eigenvalue weighted by Gasteiger charge is -2.14. The van der Waals surface area contributed by atoms with Crippen molar-refractivity contribution in [3.8, 4) is 12.3 Å². The Kier molecular flexibility index (Phi) is 2.05. The third kappa shape index (κ3) is 1.44. The third-order valence-corrected chi connectivity index (χ3v) is 2.84. The van der Waals surface area contributed by atoms with E-state index in [0.29, 0.717) is 24.4 Å². The number of carbonyl (C=O) groups excluding carboxylic acids is 1. The topological polar surface area (TPSA) is 74.8 Å². The van der Waals surface area contributed by atoms with Crippen LogP contribution in [0, 0.1) is 18.3 Å². The standard InChI is InChI=1S/C11H9N5O/c1-2-7-3-9(17)16(5-7)11-8-4-14-15-10(8)12-6-13-11/h1,4,6-7H,3,5H2,(H,12,13,14,15). The van der Waals surface area contributed by atoms with Crippen molar-refractivity contribution in [2.24, 2.45) is 5.92 Å². The van der Waals surface area contributed by atoms with Crippen LogP contribution in [0.5, 0.6) is 0 Å². The van der Waals surface area contributed by atoms with Crippen molar-refractivity contribution in [2.75, 3.05) is 11.4 Å². The van der Waals surface area contributed by atoms with Crippen LogP contribution >= 0.6 is 0 Å². The highest BCUT2D eigenvalue weighted by molar-refractivity contribution is 6.01. The molecule has 2 aromatic rings. The zero-order valence-corrected chi connectivity index (χ0v) is 8.92. The summed E-state index contributed by atoms with van der Waals surface area (Å²) < 4.78 is 0. The quantitative estimate of drug-likeness (QED) is 0.713. The molecule has 0 bridgehead atoms. The molecule has 6 heteroatoms. The number of nitrogens with zero attached hydrogens (tertiary/aromatic N) is 4. The second-order valence-electron chi connectivity index (χ2n) is 3.90. The molecule has 0 radical (unpaired) electrons. The maximum absolute atomic E-state index is 11.8. The summed E-state index contributed by atoms with van der Waals surface area (Å²) in [6.07, 6.45) is 8.74. The summed E-state index contributed by atoms with van der Waals surface area (Å²) in [5.41, 5.74) is 0.618. The van der Waals surface area contributed by atoms with E-state index in [1.165, 1.54) is 6.33 Å². The molecule has 1 unspecified atom stereocenters. The van der Waals surface area contributed by atoms with Gasteiger partial charge < -0.3 is 0 Å². The van der Waals surface area contributed by atoms with Gasteiger partial charge in [-0.05, 0) is 0 Å². The van der Waals surface area contributed by atoms with Gasteiger partial charge in [-0.3, -0.25) is 14.8 Å². The van der Waals surface area contributed by atoms with Gasteiger partial charge in [-0.25, -0.2) is 9.97 Å². The first-order valence-electron chi connectivity index (χ1n) is 5.20. The summed E-state index contributed by atoms with van der Waals surface area (Å²) in [4.78, 5) is 21.6. The van der Waals surface area contributed by atoms with E-state index in [0.717, 1.165) is 5.39 Å². The summed E-state index contributed by atoms with van der Waals surface area (Å²) >= 11 is 0. The van der Waals surface area contributed by atoms with E-state index in [9.17, 15) is 4.79 Å². The van der Waals surface area contributed by atoms with E-state index in [-0.39, 0.29) is 11.8 Å². The maximum atomic E-state index is 11.8. The van der Waals surface area contributed by atoms with Crippen molar-refractivity contribution in [1.29, 1.82) is 0 Å². The predicted octanol–water partition coefficient (Wildman–Crippen LogP) is 0.339. The van der Waals surface area contributed by atoms with Gasteiger partial charge in [0, 0.05) is 18.9 Å². The second kappa shape index (κ2) is 3.56. The molecular formula is C11H9N5O. The number of hydrogen-bond donors (Lipinski definition) is 1. The Morgan fingerprint density at radius 2 is 2.41 bits per heavy atom. The maximum Gasteiger partial charge on any atom is 0.229 e. The van der Waals surface area contributed by atoms with Crippen molar-refractivity contribution in [1.82, 2.24) is 20.2 Å². The number of amides is 1. The molecular weight excluding hydrogens is 218 g/mol. The molecule has 1 atom stereocenters. The minimum atomic E-state index is -0.0422. The second-order valence-corrected chi connectivity index (χ2v) is 3.90. The van der Waals surface area contributed by atoms with Crippen molar-refractivity contribution in [2.45, 2.75) is 6.42 Å². The molecule has 0 saturated carbocycles. The number of nitrogens with one attached hydrogen (secondary N) is 1. The number of carbonyl (C=O) groups is 1. The third-order valence-electron chi connectivity index (χ3n) is 2.84. The highest BCUT2D eigenvalue weighted by atomic mass is 16.2. The van der Waals surface area contributed by atoms with E-state index in [1.54, 1.807) is 11.1 Å². The summed E-state index contributed by atoms with van der Waals surface area (Å²) in [5.74, 6) is 3.13. The Morgan fingerprint density at radius 1 is 1.53 bits per heavy atom. The SMILES string of the molecule is C#CC1CC(=O)N(c2ncnc3[nH]ncc23)C1. The molecule has 3 heterocycles. The van der Waals surface area contributed by atoms with Gasteiger partial charge in [-0.1, -0.05) is 0 Å². The first-order chi connectivity index (χ1) is 8.29. The monoisotopic (exact) mass is 227 g/mol. The smallest absolute Gasteiger partial charge is 0.229 e. The van der Waals surface area contributed by atoms with Gasteiger partial charge in [-0.15, -0.1) is 12.3 Å². The van der Waals surface area contributed by atoms with Crippen molar-refractivity contribution >= 4 is 22.8 Å². The van der Waals surface area contributed by atoms with Crippen LogP contribution < -0.4 is 4.90 Å². The van der Waals surface area contributed by atoms with Crippen LogP contribution in [-0.4, -0.2) is 32.6 Å². The molecule has 3 rings (SSSR count). The molecule has 0 aliphatic carbocycles. The first kappa shape index (κ1) is 9.78. The van der Waals surface area contributed by atoms with E-state index in [2.05, 4.69) is 26.1 Å². The zero-order chi connectivity index (χ0) is 11.8. The minimum absolute atomic E-state index is 0.00542. The van der Waals surface area contributed by atoms with Crippen LogP contribution in [0.2, 0.25) is 0 Å². The summed E-state index contributed by atoms with van der Waals surface area (Å²) in [7, 11) is 0. The minimum Gasteiger partial charge on any atom is -0.295 e. The Labute approximate surface area is 97.1 Å². The molecule has 1 aliphatic heterocycles. The molecule has 17 heavy (non-hydrogen) atoms. The fourth-order valence-corrected chi connectivity index (χ4v) is 1.99. The lowest BCUT2D eigenvalue weighted by Crippen LogP contribution is -2.25. The first-order valence-corrected chi connectivity index (χ1v) is 5.20. The number of H-pyrrole nitrogens is 1. The summed E-state index contributed by atoms with van der Waals surface area (Å²) in [6, 6.07) is 0. The number of aromatic amines is 1. The molecule has 6 nitrogen and oxygen atoms in total. The van der Waals surface area contributed by atoms with Gasteiger partial charge in [0.05, 0.1) is 11.6 Å². The molecule has 1 amide bonds. The van der Waals surface area contributed by atoms with E-state index >= 15 is 0 Å². The Morgan fingerprint density at radius 3 is 3.18 bits per heavy atom. The fraction of sp³-hybridized carbons (Fsp3) is 0.273. The normalized spacial score (nSPS) is 19.8. The molecule has 0 aromatic carbocycles. The number of anilines is 1. The zero-order valence-electron chi connectivity index (χ0n) is 8.92. The Hall–Kier alpha value is -2.42. The van der Waals surface area contributed by atoms with Crippen LogP contribution in [0.15, 0.2) is 12.5 Å². The van der Waals surface area contributed by atoms with Gasteiger partial charge in [0.1, 0.15) is 12.1 Å². The highest BCUT2D eigenvalue weighted by Crippen LogP contribution is 2.27. The van der Waals surface area contributed by atoms with E-state index < -0.39 is 0 Å². The Bertz CT molecular complexity index is 626. The van der Waals surface area contributed by atoms with Gasteiger partial charge in [0.25, 0.3) is 0 Å². The number of fused-ring (bicyclic) bond motifs is 1. The molecule has 1 N–H and O–H groups in total. The molecule has 1 saturated heterocycles. The molecule has 2 aromatic heterocycles. The fourth-order valence-electron chi connectivity index (χ4n) is 1.99. The van der Waals surface area contributed by atoms with Crippen molar-refractivity contribution < 1.29 is 4.79 Å². The lowest BCUT2D eigenvalue weighted by atomic mass is 10.1. The summed E-state index contributed by atoms with van der Waals surface area (Å²) in [6.45, 7) is 0.507. The number of terminal acetylenes is 1.